The largest absolute Gasteiger partial charge is 0.399 e. The smallest absolute Gasteiger partial charge is 0.0683 e. The van der Waals surface area contributed by atoms with E-state index >= 15 is 0 Å². The standard InChI is InChI=1S/C15H23N3/c1-15(2,12-16)9-4-10-18(3)11-13-5-7-14(17)8-6-13/h5-8H,4,9-11,17H2,1-3H3. The Kier molecular flexibility index (Phi) is 5.18. The van der Waals surface area contributed by atoms with Gasteiger partial charge in [-0.2, -0.15) is 5.26 Å². The van der Waals surface area contributed by atoms with Crippen molar-refractivity contribution in [2.75, 3.05) is 19.3 Å². The molecule has 0 radical (unpaired) electrons. The maximum atomic E-state index is 8.95. The Labute approximate surface area is 110 Å². The van der Waals surface area contributed by atoms with Gasteiger partial charge in [0.1, 0.15) is 0 Å². The van der Waals surface area contributed by atoms with Gasteiger partial charge >= 0.3 is 0 Å². The second-order valence-corrected chi connectivity index (χ2v) is 5.58. The van der Waals surface area contributed by atoms with Crippen molar-refractivity contribution in [3.8, 4) is 6.07 Å². The van der Waals surface area contributed by atoms with Gasteiger partial charge < -0.3 is 10.6 Å². The van der Waals surface area contributed by atoms with Gasteiger partial charge in [-0.3, -0.25) is 0 Å². The number of rotatable bonds is 6. The van der Waals surface area contributed by atoms with Crippen LogP contribution in [0.5, 0.6) is 0 Å². The van der Waals surface area contributed by atoms with E-state index in [2.05, 4.69) is 30.1 Å². The summed E-state index contributed by atoms with van der Waals surface area (Å²) in [7, 11) is 2.11. The highest BCUT2D eigenvalue weighted by molar-refractivity contribution is 5.39. The van der Waals surface area contributed by atoms with Crippen LogP contribution in [0, 0.1) is 16.7 Å². The lowest BCUT2D eigenvalue weighted by molar-refractivity contribution is 0.298. The third kappa shape index (κ3) is 5.20. The summed E-state index contributed by atoms with van der Waals surface area (Å²) in [4.78, 5) is 2.28. The van der Waals surface area contributed by atoms with Crippen LogP contribution in [-0.2, 0) is 6.54 Å². The SMILES string of the molecule is CN(CCCC(C)(C)C#N)Cc1ccc(N)cc1. The fourth-order valence-electron chi connectivity index (χ4n) is 1.86. The quantitative estimate of drug-likeness (QED) is 0.784. The summed E-state index contributed by atoms with van der Waals surface area (Å²) >= 11 is 0. The third-order valence-corrected chi connectivity index (χ3v) is 3.08. The van der Waals surface area contributed by atoms with Gasteiger partial charge in [0, 0.05) is 12.2 Å². The molecule has 3 heteroatoms. The van der Waals surface area contributed by atoms with Crippen LogP contribution in [0.15, 0.2) is 24.3 Å². The van der Waals surface area contributed by atoms with Gasteiger partial charge in [-0.05, 0) is 58.0 Å². The van der Waals surface area contributed by atoms with E-state index in [-0.39, 0.29) is 5.41 Å². The van der Waals surface area contributed by atoms with Gasteiger partial charge in [0.25, 0.3) is 0 Å². The fraction of sp³-hybridized carbons (Fsp3) is 0.533. The molecule has 0 saturated heterocycles. The topological polar surface area (TPSA) is 53.0 Å². The Morgan fingerprint density at radius 1 is 1.28 bits per heavy atom. The van der Waals surface area contributed by atoms with Crippen LogP contribution in [0.1, 0.15) is 32.3 Å². The van der Waals surface area contributed by atoms with Gasteiger partial charge in [0.05, 0.1) is 11.5 Å². The molecule has 0 heterocycles. The van der Waals surface area contributed by atoms with Crippen LogP contribution < -0.4 is 5.73 Å². The van der Waals surface area contributed by atoms with Crippen LogP contribution in [-0.4, -0.2) is 18.5 Å². The number of benzene rings is 1. The highest BCUT2D eigenvalue weighted by Crippen LogP contribution is 2.20. The first-order chi connectivity index (χ1) is 8.43. The average molecular weight is 245 g/mol. The summed E-state index contributed by atoms with van der Waals surface area (Å²) in [6.07, 6.45) is 1.99. The van der Waals surface area contributed by atoms with E-state index in [1.165, 1.54) is 5.56 Å². The lowest BCUT2D eigenvalue weighted by Gasteiger charge is -2.20. The number of anilines is 1. The predicted molar refractivity (Wildman–Crippen MR) is 75.8 cm³/mol. The van der Waals surface area contributed by atoms with E-state index in [1.807, 2.05) is 26.0 Å². The molecule has 2 N–H and O–H groups in total. The predicted octanol–water partition coefficient (Wildman–Crippen LogP) is 3.03. The van der Waals surface area contributed by atoms with Gasteiger partial charge in [-0.15, -0.1) is 0 Å². The molecule has 98 valence electrons. The van der Waals surface area contributed by atoms with E-state index in [4.69, 9.17) is 11.0 Å². The minimum Gasteiger partial charge on any atom is -0.399 e. The molecule has 0 fully saturated rings. The maximum Gasteiger partial charge on any atom is 0.0683 e. The first kappa shape index (κ1) is 14.5. The number of nitrogen functional groups attached to an aromatic ring is 1. The van der Waals surface area contributed by atoms with Crippen molar-refractivity contribution in [1.82, 2.24) is 4.90 Å². The van der Waals surface area contributed by atoms with Crippen LogP contribution in [0.2, 0.25) is 0 Å². The number of nitrogens with zero attached hydrogens (tertiary/aromatic N) is 2. The summed E-state index contributed by atoms with van der Waals surface area (Å²) in [5, 5.41) is 8.95. The summed E-state index contributed by atoms with van der Waals surface area (Å²) in [6, 6.07) is 10.3. The van der Waals surface area contributed by atoms with E-state index in [0.29, 0.717) is 0 Å². The Hall–Kier alpha value is -1.53. The zero-order valence-corrected chi connectivity index (χ0v) is 11.6. The molecule has 0 aromatic heterocycles. The second-order valence-electron chi connectivity index (χ2n) is 5.58. The van der Waals surface area contributed by atoms with Gasteiger partial charge in [-0.1, -0.05) is 12.1 Å². The highest BCUT2D eigenvalue weighted by atomic mass is 15.1. The van der Waals surface area contributed by atoms with Crippen LogP contribution in [0.25, 0.3) is 0 Å². The number of hydrogen-bond acceptors (Lipinski definition) is 3. The second kappa shape index (κ2) is 6.42. The molecule has 1 rings (SSSR count). The van der Waals surface area contributed by atoms with Crippen molar-refractivity contribution < 1.29 is 0 Å². The molecular formula is C15H23N3. The van der Waals surface area contributed by atoms with Crippen molar-refractivity contribution in [3.05, 3.63) is 29.8 Å². The minimum atomic E-state index is -0.206. The summed E-state index contributed by atoms with van der Waals surface area (Å²) in [5.74, 6) is 0. The number of nitrogens with two attached hydrogens (primary N) is 1. The van der Waals surface area contributed by atoms with E-state index in [9.17, 15) is 0 Å². The molecule has 1 aromatic rings. The zero-order chi connectivity index (χ0) is 13.6. The fourth-order valence-corrected chi connectivity index (χ4v) is 1.86. The molecule has 0 spiro atoms. The first-order valence-electron chi connectivity index (χ1n) is 6.37. The summed E-state index contributed by atoms with van der Waals surface area (Å²) < 4.78 is 0. The summed E-state index contributed by atoms with van der Waals surface area (Å²) in [5.41, 5.74) is 7.52. The minimum absolute atomic E-state index is 0.206. The van der Waals surface area contributed by atoms with E-state index < -0.39 is 0 Å². The Morgan fingerprint density at radius 2 is 1.89 bits per heavy atom. The highest BCUT2D eigenvalue weighted by Gasteiger charge is 2.15. The van der Waals surface area contributed by atoms with Gasteiger partial charge in [-0.25, -0.2) is 0 Å². The molecule has 0 bridgehead atoms. The molecule has 18 heavy (non-hydrogen) atoms. The first-order valence-corrected chi connectivity index (χ1v) is 6.37. The molecule has 0 amide bonds. The third-order valence-electron chi connectivity index (χ3n) is 3.08. The molecular weight excluding hydrogens is 222 g/mol. The van der Waals surface area contributed by atoms with Crippen LogP contribution in [0.4, 0.5) is 5.69 Å². The number of hydrogen-bond donors (Lipinski definition) is 1. The Morgan fingerprint density at radius 3 is 2.44 bits per heavy atom. The van der Waals surface area contributed by atoms with Gasteiger partial charge in [0.15, 0.2) is 0 Å². The lowest BCUT2D eigenvalue weighted by Crippen LogP contribution is -2.21. The zero-order valence-electron chi connectivity index (χ0n) is 11.6. The molecule has 1 aromatic carbocycles. The van der Waals surface area contributed by atoms with Crippen LogP contribution in [0.3, 0.4) is 0 Å². The molecule has 0 saturated carbocycles. The molecule has 0 unspecified atom stereocenters. The Bertz CT molecular complexity index is 401. The summed E-state index contributed by atoms with van der Waals surface area (Å²) in [6.45, 7) is 5.92. The van der Waals surface area contributed by atoms with Crippen molar-refractivity contribution in [3.63, 3.8) is 0 Å². The molecule has 0 aliphatic rings. The van der Waals surface area contributed by atoms with E-state index in [1.54, 1.807) is 0 Å². The molecule has 3 nitrogen and oxygen atoms in total. The normalized spacial score (nSPS) is 11.5. The molecule has 0 atom stereocenters. The maximum absolute atomic E-state index is 8.95. The monoisotopic (exact) mass is 245 g/mol. The lowest BCUT2D eigenvalue weighted by atomic mass is 9.90. The van der Waals surface area contributed by atoms with Crippen molar-refractivity contribution in [1.29, 1.82) is 5.26 Å². The molecule has 0 aliphatic heterocycles. The van der Waals surface area contributed by atoms with Crippen molar-refractivity contribution in [2.24, 2.45) is 5.41 Å². The number of nitriles is 1. The van der Waals surface area contributed by atoms with Gasteiger partial charge in [0.2, 0.25) is 0 Å². The average Bonchev–Trinajstić information content (AvgIpc) is 2.32. The van der Waals surface area contributed by atoms with Crippen molar-refractivity contribution in [2.45, 2.75) is 33.2 Å². The van der Waals surface area contributed by atoms with Crippen molar-refractivity contribution >= 4 is 5.69 Å². The van der Waals surface area contributed by atoms with E-state index in [0.717, 1.165) is 31.6 Å². The Balaban J connectivity index is 2.32. The molecule has 0 aliphatic carbocycles. The van der Waals surface area contributed by atoms with Crippen LogP contribution >= 0.6 is 0 Å².